The third kappa shape index (κ3) is 2.62. The zero-order valence-corrected chi connectivity index (χ0v) is 11.0. The lowest BCUT2D eigenvalue weighted by molar-refractivity contribution is -0.114. The SMILES string of the molecule is COc1ccc(-c2ccc(N)s2)cc1NC(C)=O. The number of rotatable bonds is 3. The average molecular weight is 262 g/mol. The van der Waals surface area contributed by atoms with Crippen LogP contribution in [0.4, 0.5) is 10.7 Å². The topological polar surface area (TPSA) is 64.3 Å². The van der Waals surface area contributed by atoms with E-state index in [0.29, 0.717) is 11.4 Å². The molecule has 1 aromatic carbocycles. The Morgan fingerprint density at radius 2 is 2.11 bits per heavy atom. The first-order valence-electron chi connectivity index (χ1n) is 5.41. The average Bonchev–Trinajstić information content (AvgIpc) is 2.75. The minimum atomic E-state index is -0.129. The zero-order valence-electron chi connectivity index (χ0n) is 10.2. The smallest absolute Gasteiger partial charge is 0.221 e. The van der Waals surface area contributed by atoms with E-state index < -0.39 is 0 Å². The number of anilines is 2. The van der Waals surface area contributed by atoms with Gasteiger partial charge in [0.2, 0.25) is 5.91 Å². The number of thiophene rings is 1. The molecule has 94 valence electrons. The van der Waals surface area contributed by atoms with E-state index in [-0.39, 0.29) is 5.91 Å². The molecule has 5 heteroatoms. The fourth-order valence-electron chi connectivity index (χ4n) is 1.66. The highest BCUT2D eigenvalue weighted by molar-refractivity contribution is 7.19. The van der Waals surface area contributed by atoms with E-state index in [9.17, 15) is 4.79 Å². The van der Waals surface area contributed by atoms with E-state index in [1.165, 1.54) is 18.3 Å². The van der Waals surface area contributed by atoms with Crippen LogP contribution in [-0.2, 0) is 4.79 Å². The molecule has 2 rings (SSSR count). The second kappa shape index (κ2) is 5.10. The standard InChI is InChI=1S/C13H14N2O2S/c1-8(16)15-10-7-9(3-4-11(10)17-2)12-5-6-13(14)18-12/h3-7H,14H2,1-2H3,(H,15,16). The Bertz CT molecular complexity index is 578. The van der Waals surface area contributed by atoms with Crippen molar-refractivity contribution in [2.45, 2.75) is 6.92 Å². The Morgan fingerprint density at radius 3 is 2.67 bits per heavy atom. The van der Waals surface area contributed by atoms with Crippen molar-refractivity contribution in [3.05, 3.63) is 30.3 Å². The summed E-state index contributed by atoms with van der Waals surface area (Å²) in [6.07, 6.45) is 0. The molecular weight excluding hydrogens is 248 g/mol. The Balaban J connectivity index is 2.41. The molecule has 2 aromatic rings. The van der Waals surface area contributed by atoms with Crippen LogP contribution < -0.4 is 15.8 Å². The van der Waals surface area contributed by atoms with Gasteiger partial charge in [-0.05, 0) is 35.9 Å². The molecule has 3 N–H and O–H groups in total. The van der Waals surface area contributed by atoms with E-state index >= 15 is 0 Å². The maximum Gasteiger partial charge on any atom is 0.221 e. The number of carbonyl (C=O) groups is 1. The molecular formula is C13H14N2O2S. The number of hydrogen-bond acceptors (Lipinski definition) is 4. The van der Waals surface area contributed by atoms with Crippen molar-refractivity contribution >= 4 is 27.9 Å². The minimum Gasteiger partial charge on any atom is -0.495 e. The quantitative estimate of drug-likeness (QED) is 0.893. The molecule has 1 aromatic heterocycles. The molecule has 4 nitrogen and oxygen atoms in total. The highest BCUT2D eigenvalue weighted by atomic mass is 32.1. The lowest BCUT2D eigenvalue weighted by Gasteiger charge is -2.10. The summed E-state index contributed by atoms with van der Waals surface area (Å²) >= 11 is 1.51. The number of methoxy groups -OCH3 is 1. The second-order valence-electron chi connectivity index (χ2n) is 3.80. The molecule has 0 bridgehead atoms. The predicted molar refractivity (Wildman–Crippen MR) is 75.0 cm³/mol. The van der Waals surface area contributed by atoms with Crippen LogP contribution in [0.1, 0.15) is 6.92 Å². The molecule has 0 aliphatic carbocycles. The fourth-order valence-corrected chi connectivity index (χ4v) is 2.43. The number of nitrogens with two attached hydrogens (primary N) is 1. The molecule has 0 radical (unpaired) electrons. The van der Waals surface area contributed by atoms with Crippen LogP contribution in [0.15, 0.2) is 30.3 Å². The number of amides is 1. The molecule has 0 aliphatic heterocycles. The van der Waals surface area contributed by atoms with Crippen molar-refractivity contribution in [2.75, 3.05) is 18.2 Å². The number of hydrogen-bond donors (Lipinski definition) is 2. The van der Waals surface area contributed by atoms with Gasteiger partial charge in [-0.2, -0.15) is 0 Å². The summed E-state index contributed by atoms with van der Waals surface area (Å²) in [5.41, 5.74) is 7.38. The molecule has 0 spiro atoms. The third-order valence-electron chi connectivity index (χ3n) is 2.42. The Hall–Kier alpha value is -2.01. The summed E-state index contributed by atoms with van der Waals surface area (Å²) < 4.78 is 5.21. The van der Waals surface area contributed by atoms with Crippen LogP contribution in [0, 0.1) is 0 Å². The molecule has 1 heterocycles. The number of benzene rings is 1. The molecule has 0 saturated heterocycles. The first-order valence-corrected chi connectivity index (χ1v) is 6.23. The lowest BCUT2D eigenvalue weighted by Crippen LogP contribution is -2.07. The van der Waals surface area contributed by atoms with Crippen LogP contribution in [0.25, 0.3) is 10.4 Å². The number of nitrogens with one attached hydrogen (secondary N) is 1. The van der Waals surface area contributed by atoms with Crippen molar-refractivity contribution < 1.29 is 9.53 Å². The van der Waals surface area contributed by atoms with E-state index in [1.807, 2.05) is 30.3 Å². The molecule has 1 amide bonds. The second-order valence-corrected chi connectivity index (χ2v) is 4.91. The van der Waals surface area contributed by atoms with Gasteiger partial charge in [0.05, 0.1) is 17.8 Å². The summed E-state index contributed by atoms with van der Waals surface area (Å²) in [5.74, 6) is 0.509. The van der Waals surface area contributed by atoms with Crippen molar-refractivity contribution in [1.29, 1.82) is 0 Å². The van der Waals surface area contributed by atoms with Crippen molar-refractivity contribution in [3.63, 3.8) is 0 Å². The summed E-state index contributed by atoms with van der Waals surface area (Å²) in [4.78, 5) is 12.2. The van der Waals surface area contributed by atoms with E-state index in [2.05, 4.69) is 5.32 Å². The zero-order chi connectivity index (χ0) is 13.1. The minimum absolute atomic E-state index is 0.129. The molecule has 0 unspecified atom stereocenters. The normalized spacial score (nSPS) is 10.1. The van der Waals surface area contributed by atoms with Crippen LogP contribution in [0.5, 0.6) is 5.75 Å². The maximum atomic E-state index is 11.1. The number of carbonyl (C=O) groups excluding carboxylic acids is 1. The number of nitrogen functional groups attached to an aromatic ring is 1. The maximum absolute atomic E-state index is 11.1. The van der Waals surface area contributed by atoms with Gasteiger partial charge in [0.25, 0.3) is 0 Å². The van der Waals surface area contributed by atoms with Gasteiger partial charge < -0.3 is 15.8 Å². The lowest BCUT2D eigenvalue weighted by atomic mass is 10.1. The molecule has 0 fully saturated rings. The summed E-state index contributed by atoms with van der Waals surface area (Å²) in [6.45, 7) is 1.47. The molecule has 0 aliphatic rings. The summed E-state index contributed by atoms with van der Waals surface area (Å²) in [6, 6.07) is 9.47. The first-order chi connectivity index (χ1) is 8.60. The van der Waals surface area contributed by atoms with Crippen LogP contribution in [-0.4, -0.2) is 13.0 Å². The van der Waals surface area contributed by atoms with E-state index in [0.717, 1.165) is 15.4 Å². The third-order valence-corrected chi connectivity index (χ3v) is 3.38. The van der Waals surface area contributed by atoms with Gasteiger partial charge in [-0.25, -0.2) is 0 Å². The van der Waals surface area contributed by atoms with E-state index in [1.54, 1.807) is 7.11 Å². The molecule has 0 atom stereocenters. The van der Waals surface area contributed by atoms with Gasteiger partial charge in [0.15, 0.2) is 0 Å². The van der Waals surface area contributed by atoms with Gasteiger partial charge in [-0.1, -0.05) is 0 Å². The summed E-state index contributed by atoms with van der Waals surface area (Å²) in [7, 11) is 1.57. The monoisotopic (exact) mass is 262 g/mol. The highest BCUT2D eigenvalue weighted by Crippen LogP contribution is 2.34. The van der Waals surface area contributed by atoms with Crippen molar-refractivity contribution in [3.8, 4) is 16.2 Å². The fraction of sp³-hybridized carbons (Fsp3) is 0.154. The Morgan fingerprint density at radius 1 is 1.33 bits per heavy atom. The molecule has 0 saturated carbocycles. The van der Waals surface area contributed by atoms with Gasteiger partial charge in [0.1, 0.15) is 5.75 Å². The Labute approximate surface area is 109 Å². The largest absolute Gasteiger partial charge is 0.495 e. The van der Waals surface area contributed by atoms with Crippen LogP contribution in [0.2, 0.25) is 0 Å². The summed E-state index contributed by atoms with van der Waals surface area (Å²) in [5, 5.41) is 3.52. The van der Waals surface area contributed by atoms with Crippen LogP contribution >= 0.6 is 11.3 Å². The molecule has 18 heavy (non-hydrogen) atoms. The number of ether oxygens (including phenoxy) is 1. The van der Waals surface area contributed by atoms with Crippen molar-refractivity contribution in [1.82, 2.24) is 0 Å². The Kier molecular flexibility index (Phi) is 3.53. The van der Waals surface area contributed by atoms with E-state index in [4.69, 9.17) is 10.5 Å². The highest BCUT2D eigenvalue weighted by Gasteiger charge is 2.08. The van der Waals surface area contributed by atoms with Gasteiger partial charge in [0, 0.05) is 11.8 Å². The first kappa shape index (κ1) is 12.4. The van der Waals surface area contributed by atoms with Gasteiger partial charge >= 0.3 is 0 Å². The predicted octanol–water partition coefficient (Wildman–Crippen LogP) is 2.96. The van der Waals surface area contributed by atoms with Crippen molar-refractivity contribution in [2.24, 2.45) is 0 Å². The van der Waals surface area contributed by atoms with Crippen LogP contribution in [0.3, 0.4) is 0 Å². The van der Waals surface area contributed by atoms with Gasteiger partial charge in [-0.3, -0.25) is 4.79 Å². The van der Waals surface area contributed by atoms with Gasteiger partial charge in [-0.15, -0.1) is 11.3 Å².